The van der Waals surface area contributed by atoms with E-state index in [-0.39, 0.29) is 6.79 Å². The van der Waals surface area contributed by atoms with E-state index in [2.05, 4.69) is 26.7 Å². The third-order valence-corrected chi connectivity index (χ3v) is 2.37. The van der Waals surface area contributed by atoms with Crippen molar-refractivity contribution in [1.82, 2.24) is 0 Å². The SMILES string of the molecule is COc1cc(C#CBr)c(OC)c2c1OCO2. The Bertz CT molecular complexity index is 473. The van der Waals surface area contributed by atoms with E-state index in [4.69, 9.17) is 18.9 Å². The van der Waals surface area contributed by atoms with E-state index in [0.717, 1.165) is 0 Å². The Morgan fingerprint density at radius 3 is 2.62 bits per heavy atom. The summed E-state index contributed by atoms with van der Waals surface area (Å²) < 4.78 is 21.1. The van der Waals surface area contributed by atoms with Crippen LogP contribution < -0.4 is 18.9 Å². The van der Waals surface area contributed by atoms with Gasteiger partial charge in [0.1, 0.15) is 0 Å². The van der Waals surface area contributed by atoms with Crippen LogP contribution in [-0.4, -0.2) is 21.0 Å². The largest absolute Gasteiger partial charge is 0.493 e. The molecule has 0 N–H and O–H groups in total. The fourth-order valence-corrected chi connectivity index (χ4v) is 1.73. The van der Waals surface area contributed by atoms with Gasteiger partial charge >= 0.3 is 0 Å². The third kappa shape index (κ3) is 1.65. The Morgan fingerprint density at radius 1 is 1.25 bits per heavy atom. The molecule has 0 amide bonds. The molecule has 0 unspecified atom stereocenters. The highest BCUT2D eigenvalue weighted by Gasteiger charge is 2.26. The Hall–Kier alpha value is -1.54. The molecule has 1 aromatic carbocycles. The number of halogens is 1. The Balaban J connectivity index is 2.66. The molecule has 0 fully saturated rings. The fourth-order valence-electron chi connectivity index (χ4n) is 1.51. The molecule has 5 heteroatoms. The van der Waals surface area contributed by atoms with E-state index in [1.807, 2.05) is 0 Å². The predicted molar refractivity (Wildman–Crippen MR) is 61.5 cm³/mol. The molecule has 4 nitrogen and oxygen atoms in total. The molecule has 84 valence electrons. The van der Waals surface area contributed by atoms with Gasteiger partial charge in [0.25, 0.3) is 0 Å². The normalized spacial score (nSPS) is 11.7. The summed E-state index contributed by atoms with van der Waals surface area (Å²) in [5, 5.41) is 0. The zero-order valence-corrected chi connectivity index (χ0v) is 10.4. The van der Waals surface area contributed by atoms with Gasteiger partial charge in [-0.15, -0.1) is 0 Å². The van der Waals surface area contributed by atoms with E-state index in [0.29, 0.717) is 28.6 Å². The van der Waals surface area contributed by atoms with Gasteiger partial charge < -0.3 is 18.9 Å². The van der Waals surface area contributed by atoms with E-state index < -0.39 is 0 Å². The average Bonchev–Trinajstić information content (AvgIpc) is 2.77. The van der Waals surface area contributed by atoms with Crippen molar-refractivity contribution in [2.24, 2.45) is 0 Å². The Morgan fingerprint density at radius 2 is 2.00 bits per heavy atom. The van der Waals surface area contributed by atoms with Gasteiger partial charge in [0.05, 0.1) is 19.8 Å². The summed E-state index contributed by atoms with van der Waals surface area (Å²) in [4.78, 5) is 2.63. The summed E-state index contributed by atoms with van der Waals surface area (Å²) in [5.41, 5.74) is 0.681. The number of ether oxygens (including phenoxy) is 4. The lowest BCUT2D eigenvalue weighted by atomic mass is 10.1. The van der Waals surface area contributed by atoms with E-state index in [1.54, 1.807) is 20.3 Å². The van der Waals surface area contributed by atoms with Crippen molar-refractivity contribution >= 4 is 15.9 Å². The van der Waals surface area contributed by atoms with Gasteiger partial charge in [-0.25, -0.2) is 0 Å². The highest BCUT2D eigenvalue weighted by Crippen LogP contribution is 2.49. The Labute approximate surface area is 102 Å². The second kappa shape index (κ2) is 4.54. The van der Waals surface area contributed by atoms with Crippen LogP contribution in [0, 0.1) is 10.8 Å². The third-order valence-electron chi connectivity index (χ3n) is 2.17. The van der Waals surface area contributed by atoms with Gasteiger partial charge in [-0.3, -0.25) is 0 Å². The van der Waals surface area contributed by atoms with Crippen LogP contribution in [0.1, 0.15) is 5.56 Å². The molecule has 1 aliphatic rings. The summed E-state index contributed by atoms with van der Waals surface area (Å²) in [6.45, 7) is 0.160. The maximum atomic E-state index is 5.34. The van der Waals surface area contributed by atoms with Crippen LogP contribution in [0.2, 0.25) is 0 Å². The average molecular weight is 285 g/mol. The molecule has 0 bridgehead atoms. The van der Waals surface area contributed by atoms with Crippen molar-refractivity contribution in [2.45, 2.75) is 0 Å². The molecule has 0 saturated heterocycles. The molecular weight excluding hydrogens is 276 g/mol. The van der Waals surface area contributed by atoms with Crippen molar-refractivity contribution < 1.29 is 18.9 Å². The number of methoxy groups -OCH3 is 2. The zero-order chi connectivity index (χ0) is 11.5. The van der Waals surface area contributed by atoms with Gasteiger partial charge in [-0.2, -0.15) is 0 Å². The molecule has 1 heterocycles. The summed E-state index contributed by atoms with van der Waals surface area (Å²) in [6.07, 6.45) is 0. The van der Waals surface area contributed by atoms with Crippen LogP contribution in [0.25, 0.3) is 0 Å². The minimum absolute atomic E-state index is 0.160. The molecule has 2 rings (SSSR count). The quantitative estimate of drug-likeness (QED) is 0.780. The zero-order valence-electron chi connectivity index (χ0n) is 8.80. The summed E-state index contributed by atoms with van der Waals surface area (Å²) in [6, 6.07) is 1.75. The fraction of sp³-hybridized carbons (Fsp3) is 0.273. The topological polar surface area (TPSA) is 36.9 Å². The summed E-state index contributed by atoms with van der Waals surface area (Å²) in [5.74, 6) is 5.08. The highest BCUT2D eigenvalue weighted by molar-refractivity contribution is 9.12. The standard InChI is InChI=1S/C11H9BrO4/c1-13-8-5-7(3-4-12)9(14-2)11-10(8)15-6-16-11/h5H,6H2,1-2H3. The predicted octanol–water partition coefficient (Wildman–Crippen LogP) is 2.14. The Kier molecular flexibility index (Phi) is 3.11. The smallest absolute Gasteiger partial charge is 0.231 e. The van der Waals surface area contributed by atoms with Gasteiger partial charge in [0.15, 0.2) is 11.5 Å². The highest BCUT2D eigenvalue weighted by atomic mass is 79.9. The summed E-state index contributed by atoms with van der Waals surface area (Å²) >= 11 is 3.05. The van der Waals surface area contributed by atoms with Crippen LogP contribution in [0.4, 0.5) is 0 Å². The van der Waals surface area contributed by atoms with E-state index in [1.165, 1.54) is 0 Å². The van der Waals surface area contributed by atoms with Crippen LogP contribution in [0.3, 0.4) is 0 Å². The first-order valence-corrected chi connectivity index (χ1v) is 5.27. The molecule has 1 aromatic rings. The molecule has 0 saturated carbocycles. The second-order valence-electron chi connectivity index (χ2n) is 2.94. The second-order valence-corrected chi connectivity index (χ2v) is 3.34. The van der Waals surface area contributed by atoms with Crippen molar-refractivity contribution in [3.05, 3.63) is 11.6 Å². The van der Waals surface area contributed by atoms with Crippen LogP contribution >= 0.6 is 15.9 Å². The number of rotatable bonds is 2. The van der Waals surface area contributed by atoms with Gasteiger partial charge in [0.2, 0.25) is 18.3 Å². The lowest BCUT2D eigenvalue weighted by Crippen LogP contribution is -1.94. The van der Waals surface area contributed by atoms with Gasteiger partial charge in [-0.1, -0.05) is 5.92 Å². The summed E-state index contributed by atoms with van der Waals surface area (Å²) in [7, 11) is 3.12. The minimum atomic E-state index is 0.160. The molecule has 16 heavy (non-hydrogen) atoms. The first-order chi connectivity index (χ1) is 7.81. The monoisotopic (exact) mass is 284 g/mol. The number of benzene rings is 1. The molecule has 0 aliphatic carbocycles. The first-order valence-electron chi connectivity index (χ1n) is 4.48. The van der Waals surface area contributed by atoms with Crippen LogP contribution in [-0.2, 0) is 0 Å². The van der Waals surface area contributed by atoms with Crippen molar-refractivity contribution in [3.8, 4) is 33.7 Å². The van der Waals surface area contributed by atoms with Crippen molar-refractivity contribution in [1.29, 1.82) is 0 Å². The van der Waals surface area contributed by atoms with Crippen LogP contribution in [0.15, 0.2) is 6.07 Å². The minimum Gasteiger partial charge on any atom is -0.493 e. The van der Waals surface area contributed by atoms with Crippen LogP contribution in [0.5, 0.6) is 23.0 Å². The van der Waals surface area contributed by atoms with Crippen molar-refractivity contribution in [3.63, 3.8) is 0 Å². The molecule has 1 aliphatic heterocycles. The number of hydrogen-bond acceptors (Lipinski definition) is 4. The molecule has 0 radical (unpaired) electrons. The van der Waals surface area contributed by atoms with E-state index in [9.17, 15) is 0 Å². The van der Waals surface area contributed by atoms with Crippen molar-refractivity contribution in [2.75, 3.05) is 21.0 Å². The van der Waals surface area contributed by atoms with Gasteiger partial charge in [0, 0.05) is 22.0 Å². The molecule has 0 spiro atoms. The maximum Gasteiger partial charge on any atom is 0.231 e. The maximum absolute atomic E-state index is 5.34. The van der Waals surface area contributed by atoms with E-state index >= 15 is 0 Å². The number of fused-ring (bicyclic) bond motifs is 1. The lowest BCUT2D eigenvalue weighted by Gasteiger charge is -2.10. The lowest BCUT2D eigenvalue weighted by molar-refractivity contribution is 0.168. The molecule has 0 aromatic heterocycles. The molecule has 0 atom stereocenters. The molecular formula is C11H9BrO4. The van der Waals surface area contributed by atoms with Gasteiger partial charge in [-0.05, 0) is 4.83 Å². The number of hydrogen-bond donors (Lipinski definition) is 0. The first kappa shape index (κ1) is 11.0.